The lowest BCUT2D eigenvalue weighted by Gasteiger charge is -2.14. The lowest BCUT2D eigenvalue weighted by Crippen LogP contribution is -2.33. The summed E-state index contributed by atoms with van der Waals surface area (Å²) in [5.74, 6) is -0.104. The van der Waals surface area contributed by atoms with Crippen molar-refractivity contribution in [3.8, 4) is 0 Å². The summed E-state index contributed by atoms with van der Waals surface area (Å²) < 4.78 is 1.86. The minimum atomic E-state index is -0.684. The van der Waals surface area contributed by atoms with Crippen molar-refractivity contribution < 1.29 is 14.4 Å². The Morgan fingerprint density at radius 2 is 2.00 bits per heavy atom. The van der Waals surface area contributed by atoms with E-state index in [1.807, 2.05) is 22.9 Å². The molecule has 0 bridgehead atoms. The lowest BCUT2D eigenvalue weighted by molar-refractivity contribution is -0.121. The number of carbonyl (C=O) groups excluding carboxylic acids is 3. The van der Waals surface area contributed by atoms with Gasteiger partial charge in [-0.15, -0.1) is 0 Å². The maximum Gasteiger partial charge on any atom is 0.329 e. The molecule has 1 saturated heterocycles. The van der Waals surface area contributed by atoms with Crippen LogP contribution in [0, 0.1) is 0 Å². The highest BCUT2D eigenvalue weighted by atomic mass is 16.2. The van der Waals surface area contributed by atoms with Gasteiger partial charge in [0.25, 0.3) is 5.91 Å². The van der Waals surface area contributed by atoms with E-state index in [2.05, 4.69) is 29.5 Å². The number of rotatable bonds is 8. The Balaban J connectivity index is 1.49. The van der Waals surface area contributed by atoms with Crippen LogP contribution < -0.4 is 15.5 Å². The maximum atomic E-state index is 12.6. The van der Waals surface area contributed by atoms with Crippen molar-refractivity contribution in [2.24, 2.45) is 0 Å². The van der Waals surface area contributed by atoms with Crippen molar-refractivity contribution in [1.82, 2.24) is 20.2 Å². The Kier molecular flexibility index (Phi) is 6.08. The highest BCUT2D eigenvalue weighted by molar-refractivity contribution is 6.21. The molecule has 1 aromatic heterocycles. The summed E-state index contributed by atoms with van der Waals surface area (Å²) in [5.41, 5.74) is 1.68. The molecule has 3 rings (SSSR count). The number of nitrogens with zero attached hydrogens (tertiary/aromatic N) is 3. The van der Waals surface area contributed by atoms with E-state index in [9.17, 15) is 14.4 Å². The molecule has 1 aliphatic rings. The molecule has 8 heteroatoms. The topological polar surface area (TPSA) is 96.3 Å². The van der Waals surface area contributed by atoms with E-state index in [-0.39, 0.29) is 24.7 Å². The van der Waals surface area contributed by atoms with Crippen molar-refractivity contribution in [3.63, 3.8) is 0 Å². The lowest BCUT2D eigenvalue weighted by atomic mass is 10.0. The van der Waals surface area contributed by atoms with Crippen LogP contribution in [0.25, 0.3) is 0 Å². The van der Waals surface area contributed by atoms with Crippen LogP contribution in [0.1, 0.15) is 38.2 Å². The molecule has 8 nitrogen and oxygen atoms in total. The molecule has 1 fully saturated rings. The summed E-state index contributed by atoms with van der Waals surface area (Å²) in [6, 6.07) is 6.25. The largest absolute Gasteiger partial charge is 0.354 e. The summed E-state index contributed by atoms with van der Waals surface area (Å²) in [6.07, 6.45) is 5.61. The molecule has 0 saturated carbocycles. The summed E-state index contributed by atoms with van der Waals surface area (Å²) in [5, 5.41) is 5.47. The fourth-order valence-corrected chi connectivity index (χ4v) is 3.09. The van der Waals surface area contributed by atoms with E-state index < -0.39 is 12.1 Å². The smallest absolute Gasteiger partial charge is 0.329 e. The third-order valence-corrected chi connectivity index (χ3v) is 4.75. The molecule has 1 aliphatic heterocycles. The van der Waals surface area contributed by atoms with Crippen LogP contribution in [0.4, 0.5) is 10.5 Å². The summed E-state index contributed by atoms with van der Waals surface area (Å²) in [7, 11) is 0. The third kappa shape index (κ3) is 4.57. The second-order valence-electron chi connectivity index (χ2n) is 7.11. The molecule has 28 heavy (non-hydrogen) atoms. The summed E-state index contributed by atoms with van der Waals surface area (Å²) in [6.45, 7) is 5.28. The van der Waals surface area contributed by atoms with Gasteiger partial charge in [-0.1, -0.05) is 26.0 Å². The zero-order chi connectivity index (χ0) is 20.1. The van der Waals surface area contributed by atoms with Crippen LogP contribution >= 0.6 is 0 Å². The normalized spacial score (nSPS) is 16.5. The second-order valence-corrected chi connectivity index (χ2v) is 7.11. The number of urea groups is 1. The molecule has 0 spiro atoms. The van der Waals surface area contributed by atoms with E-state index in [1.165, 1.54) is 0 Å². The first-order valence-corrected chi connectivity index (χ1v) is 9.42. The fraction of sp³-hybridized carbons (Fsp3) is 0.400. The fourth-order valence-electron chi connectivity index (χ4n) is 3.09. The van der Waals surface area contributed by atoms with Gasteiger partial charge in [0.05, 0.1) is 12.0 Å². The van der Waals surface area contributed by atoms with E-state index in [0.29, 0.717) is 24.7 Å². The van der Waals surface area contributed by atoms with E-state index >= 15 is 0 Å². The Morgan fingerprint density at radius 3 is 2.64 bits per heavy atom. The zero-order valence-electron chi connectivity index (χ0n) is 16.1. The maximum absolute atomic E-state index is 12.6. The van der Waals surface area contributed by atoms with Gasteiger partial charge in [-0.3, -0.25) is 9.59 Å². The van der Waals surface area contributed by atoms with Gasteiger partial charge >= 0.3 is 6.03 Å². The number of imidazole rings is 1. The average Bonchev–Trinajstić information content (AvgIpc) is 3.28. The van der Waals surface area contributed by atoms with Gasteiger partial charge < -0.3 is 15.2 Å². The first kappa shape index (κ1) is 19.6. The van der Waals surface area contributed by atoms with Crippen molar-refractivity contribution in [2.45, 2.75) is 45.2 Å². The van der Waals surface area contributed by atoms with E-state index in [1.54, 1.807) is 24.7 Å². The van der Waals surface area contributed by atoms with Gasteiger partial charge in [-0.2, -0.15) is 0 Å². The zero-order valence-corrected chi connectivity index (χ0v) is 16.1. The predicted molar refractivity (Wildman–Crippen MR) is 105 cm³/mol. The minimum absolute atomic E-state index is 0.151. The monoisotopic (exact) mass is 383 g/mol. The first-order valence-electron chi connectivity index (χ1n) is 9.42. The number of anilines is 1. The van der Waals surface area contributed by atoms with Crippen molar-refractivity contribution in [1.29, 1.82) is 0 Å². The number of carbonyl (C=O) groups is 3. The first-order chi connectivity index (χ1) is 13.5. The highest BCUT2D eigenvalue weighted by Crippen LogP contribution is 2.24. The number of hydrogen-bond donors (Lipinski definition) is 2. The molecule has 0 aliphatic carbocycles. The van der Waals surface area contributed by atoms with Crippen LogP contribution in [-0.2, 0) is 16.1 Å². The van der Waals surface area contributed by atoms with Gasteiger partial charge in [-0.25, -0.2) is 14.7 Å². The Labute approximate surface area is 163 Å². The van der Waals surface area contributed by atoms with Crippen molar-refractivity contribution >= 4 is 23.5 Å². The standard InChI is InChI=1S/C20H25N5O3/c1-14(2)15-3-5-16(6-4-15)25-19(27)17(23-20(25)28)7-8-18(26)22-10-12-24-11-9-21-13-24/h3-6,9,11,13-14,17H,7-8,10,12H2,1-2H3,(H,22,26)(H,23,28). The molecular weight excluding hydrogens is 358 g/mol. The number of imide groups is 1. The summed E-state index contributed by atoms with van der Waals surface area (Å²) in [4.78, 5) is 41.9. The molecule has 148 valence electrons. The van der Waals surface area contributed by atoms with Crippen LogP contribution in [-0.4, -0.2) is 40.0 Å². The number of aromatic nitrogens is 2. The average molecular weight is 383 g/mol. The van der Waals surface area contributed by atoms with Gasteiger partial charge in [0.2, 0.25) is 5.91 Å². The molecular formula is C20H25N5O3. The van der Waals surface area contributed by atoms with Crippen molar-refractivity contribution in [2.75, 3.05) is 11.4 Å². The molecule has 0 radical (unpaired) electrons. The Hall–Kier alpha value is -3.16. The molecule has 2 heterocycles. The van der Waals surface area contributed by atoms with Crippen LogP contribution in [0.3, 0.4) is 0 Å². The van der Waals surface area contributed by atoms with Gasteiger partial charge in [0.1, 0.15) is 6.04 Å². The van der Waals surface area contributed by atoms with E-state index in [4.69, 9.17) is 0 Å². The molecule has 2 aromatic rings. The number of hydrogen-bond acceptors (Lipinski definition) is 4. The molecule has 1 unspecified atom stereocenters. The minimum Gasteiger partial charge on any atom is -0.354 e. The van der Waals surface area contributed by atoms with Gasteiger partial charge in [-0.05, 0) is 30.0 Å². The number of benzene rings is 1. The summed E-state index contributed by atoms with van der Waals surface area (Å²) >= 11 is 0. The van der Waals surface area contributed by atoms with Gasteiger partial charge in [0.15, 0.2) is 0 Å². The quantitative estimate of drug-likeness (QED) is 0.682. The Bertz CT molecular complexity index is 830. The van der Waals surface area contributed by atoms with Crippen LogP contribution in [0.5, 0.6) is 0 Å². The number of amides is 4. The second kappa shape index (κ2) is 8.69. The molecule has 4 amide bonds. The third-order valence-electron chi connectivity index (χ3n) is 4.75. The van der Waals surface area contributed by atoms with Crippen LogP contribution in [0.15, 0.2) is 43.0 Å². The van der Waals surface area contributed by atoms with E-state index in [0.717, 1.165) is 10.5 Å². The molecule has 1 atom stereocenters. The molecule has 2 N–H and O–H groups in total. The number of nitrogens with one attached hydrogen (secondary N) is 2. The predicted octanol–water partition coefficient (Wildman–Crippen LogP) is 2.03. The highest BCUT2D eigenvalue weighted by Gasteiger charge is 2.38. The Morgan fingerprint density at radius 1 is 1.25 bits per heavy atom. The van der Waals surface area contributed by atoms with Crippen molar-refractivity contribution in [3.05, 3.63) is 48.5 Å². The molecule has 1 aromatic carbocycles. The SMILES string of the molecule is CC(C)c1ccc(N2C(=O)NC(CCC(=O)NCCn3ccnc3)C2=O)cc1. The van der Waals surface area contributed by atoms with Gasteiger partial charge in [0, 0.05) is 31.9 Å². The van der Waals surface area contributed by atoms with Crippen LogP contribution in [0.2, 0.25) is 0 Å².